The number of nitrogens with zero attached hydrogens (tertiary/aromatic N) is 1. The molecule has 0 amide bonds. The zero-order chi connectivity index (χ0) is 14.1. The average molecular weight is 270 g/mol. The lowest BCUT2D eigenvalue weighted by Crippen LogP contribution is -2.45. The van der Waals surface area contributed by atoms with Crippen molar-refractivity contribution in [2.45, 2.75) is 58.9 Å². The van der Waals surface area contributed by atoms with E-state index < -0.39 is 0 Å². The molecule has 3 nitrogen and oxygen atoms in total. The summed E-state index contributed by atoms with van der Waals surface area (Å²) in [6.45, 7) is 12.0. The predicted molar refractivity (Wildman–Crippen MR) is 82.4 cm³/mol. The van der Waals surface area contributed by atoms with Gasteiger partial charge in [-0.05, 0) is 64.1 Å². The van der Waals surface area contributed by atoms with Crippen LogP contribution in [0.5, 0.6) is 0 Å². The van der Waals surface area contributed by atoms with Gasteiger partial charge in [-0.1, -0.05) is 20.3 Å². The fraction of sp³-hybridized carbons (Fsp3) is 1.00. The lowest BCUT2D eigenvalue weighted by Gasteiger charge is -2.36. The van der Waals surface area contributed by atoms with Crippen molar-refractivity contribution in [2.75, 3.05) is 32.8 Å². The predicted octanol–water partition coefficient (Wildman–Crippen LogP) is 2.50. The minimum absolute atomic E-state index is 0.322. The largest absolute Gasteiger partial charge is 0.396 e. The summed E-state index contributed by atoms with van der Waals surface area (Å²) in [7, 11) is 0. The Bertz CT molecular complexity index is 221. The Morgan fingerprint density at radius 1 is 1.37 bits per heavy atom. The molecule has 1 saturated heterocycles. The van der Waals surface area contributed by atoms with Gasteiger partial charge in [0.25, 0.3) is 0 Å². The van der Waals surface area contributed by atoms with Crippen LogP contribution < -0.4 is 5.32 Å². The number of hydrogen-bond acceptors (Lipinski definition) is 3. The summed E-state index contributed by atoms with van der Waals surface area (Å²) in [5.74, 6) is 1.43. The average Bonchev–Trinajstić information content (AvgIpc) is 2.43. The van der Waals surface area contributed by atoms with Crippen molar-refractivity contribution in [3.05, 3.63) is 0 Å². The van der Waals surface area contributed by atoms with E-state index in [0.717, 1.165) is 25.3 Å². The summed E-state index contributed by atoms with van der Waals surface area (Å²) >= 11 is 0. The molecule has 0 spiro atoms. The highest BCUT2D eigenvalue weighted by molar-refractivity contribution is 4.80. The number of aliphatic hydroxyl groups is 1. The van der Waals surface area contributed by atoms with Crippen molar-refractivity contribution in [3.63, 3.8) is 0 Å². The number of aliphatic hydroxyl groups excluding tert-OH is 1. The van der Waals surface area contributed by atoms with E-state index in [1.807, 2.05) is 0 Å². The Morgan fingerprint density at radius 3 is 2.79 bits per heavy atom. The van der Waals surface area contributed by atoms with Crippen LogP contribution in [0.3, 0.4) is 0 Å². The molecule has 0 saturated carbocycles. The highest BCUT2D eigenvalue weighted by atomic mass is 16.3. The molecule has 1 aliphatic heterocycles. The molecular weight excluding hydrogens is 236 g/mol. The third-order valence-electron chi connectivity index (χ3n) is 4.63. The van der Waals surface area contributed by atoms with Gasteiger partial charge in [-0.3, -0.25) is 0 Å². The van der Waals surface area contributed by atoms with Crippen LogP contribution in [-0.2, 0) is 0 Å². The van der Waals surface area contributed by atoms with Gasteiger partial charge in [-0.2, -0.15) is 0 Å². The van der Waals surface area contributed by atoms with E-state index >= 15 is 0 Å². The van der Waals surface area contributed by atoms with Gasteiger partial charge in [0, 0.05) is 19.2 Å². The summed E-state index contributed by atoms with van der Waals surface area (Å²) in [6.07, 6.45) is 6.08. The molecule has 3 atom stereocenters. The second-order valence-corrected chi connectivity index (χ2v) is 6.19. The van der Waals surface area contributed by atoms with Gasteiger partial charge in [0.2, 0.25) is 0 Å². The standard InChI is InChI=1S/C16H34N2O/c1-4-9-18-10-6-7-16(13-18)14(3)17-12-15(5-2)8-11-19/h14-17,19H,4-13H2,1-3H3. The third kappa shape index (κ3) is 6.24. The number of likely N-dealkylation sites (tertiary alicyclic amines) is 1. The van der Waals surface area contributed by atoms with Crippen LogP contribution >= 0.6 is 0 Å². The maximum atomic E-state index is 9.04. The van der Waals surface area contributed by atoms with E-state index in [0.29, 0.717) is 18.6 Å². The first kappa shape index (κ1) is 16.9. The molecule has 114 valence electrons. The molecule has 19 heavy (non-hydrogen) atoms. The van der Waals surface area contributed by atoms with E-state index in [1.54, 1.807) is 0 Å². The Hall–Kier alpha value is -0.120. The van der Waals surface area contributed by atoms with Gasteiger partial charge in [-0.25, -0.2) is 0 Å². The van der Waals surface area contributed by atoms with Crippen molar-refractivity contribution >= 4 is 0 Å². The molecule has 0 aromatic rings. The molecular formula is C16H34N2O. The highest BCUT2D eigenvalue weighted by Gasteiger charge is 2.24. The van der Waals surface area contributed by atoms with E-state index in [2.05, 4.69) is 31.0 Å². The molecule has 1 heterocycles. The Morgan fingerprint density at radius 2 is 2.16 bits per heavy atom. The topological polar surface area (TPSA) is 35.5 Å². The molecule has 0 aromatic carbocycles. The maximum absolute atomic E-state index is 9.04. The Balaban J connectivity index is 2.29. The van der Waals surface area contributed by atoms with Crippen LogP contribution in [0.2, 0.25) is 0 Å². The van der Waals surface area contributed by atoms with Crippen LogP contribution in [-0.4, -0.2) is 48.8 Å². The van der Waals surface area contributed by atoms with Crippen LogP contribution in [0.1, 0.15) is 52.9 Å². The first-order valence-electron chi connectivity index (χ1n) is 8.27. The van der Waals surface area contributed by atoms with Crippen LogP contribution in [0.4, 0.5) is 0 Å². The fourth-order valence-electron chi connectivity index (χ4n) is 3.17. The molecule has 0 aromatic heterocycles. The third-order valence-corrected chi connectivity index (χ3v) is 4.63. The molecule has 0 aliphatic carbocycles. The molecule has 0 radical (unpaired) electrons. The van der Waals surface area contributed by atoms with Crippen molar-refractivity contribution in [1.82, 2.24) is 10.2 Å². The smallest absolute Gasteiger partial charge is 0.0434 e. The van der Waals surface area contributed by atoms with E-state index in [4.69, 9.17) is 5.11 Å². The summed E-state index contributed by atoms with van der Waals surface area (Å²) in [5, 5.41) is 12.8. The van der Waals surface area contributed by atoms with Crippen LogP contribution in [0, 0.1) is 11.8 Å². The second-order valence-electron chi connectivity index (χ2n) is 6.19. The number of rotatable bonds is 9. The quantitative estimate of drug-likeness (QED) is 0.676. The Kier molecular flexibility index (Phi) is 8.67. The number of piperidine rings is 1. The van der Waals surface area contributed by atoms with E-state index in [-0.39, 0.29) is 0 Å². The zero-order valence-corrected chi connectivity index (χ0v) is 13.2. The van der Waals surface area contributed by atoms with Gasteiger partial charge in [0.1, 0.15) is 0 Å². The zero-order valence-electron chi connectivity index (χ0n) is 13.2. The van der Waals surface area contributed by atoms with Crippen LogP contribution in [0.25, 0.3) is 0 Å². The molecule has 3 unspecified atom stereocenters. The molecule has 2 N–H and O–H groups in total. The molecule has 0 bridgehead atoms. The van der Waals surface area contributed by atoms with Crippen molar-refractivity contribution in [1.29, 1.82) is 0 Å². The van der Waals surface area contributed by atoms with Gasteiger partial charge >= 0.3 is 0 Å². The maximum Gasteiger partial charge on any atom is 0.0434 e. The SMILES string of the molecule is CCCN1CCCC(C(C)NCC(CC)CCO)C1. The van der Waals surface area contributed by atoms with Crippen LogP contribution in [0.15, 0.2) is 0 Å². The van der Waals surface area contributed by atoms with E-state index in [9.17, 15) is 0 Å². The molecule has 1 aliphatic rings. The minimum atomic E-state index is 0.322. The van der Waals surface area contributed by atoms with E-state index in [1.165, 1.54) is 38.9 Å². The first-order valence-corrected chi connectivity index (χ1v) is 8.27. The normalized spacial score (nSPS) is 24.3. The van der Waals surface area contributed by atoms with Gasteiger partial charge in [0.05, 0.1) is 0 Å². The highest BCUT2D eigenvalue weighted by Crippen LogP contribution is 2.20. The minimum Gasteiger partial charge on any atom is -0.396 e. The summed E-state index contributed by atoms with van der Waals surface area (Å²) in [5.41, 5.74) is 0. The first-order chi connectivity index (χ1) is 9.21. The van der Waals surface area contributed by atoms with Crippen molar-refractivity contribution in [2.24, 2.45) is 11.8 Å². The summed E-state index contributed by atoms with van der Waals surface area (Å²) in [6, 6.07) is 0.604. The summed E-state index contributed by atoms with van der Waals surface area (Å²) in [4.78, 5) is 2.62. The van der Waals surface area contributed by atoms with Gasteiger partial charge in [-0.15, -0.1) is 0 Å². The summed E-state index contributed by atoms with van der Waals surface area (Å²) < 4.78 is 0. The molecule has 3 heteroatoms. The lowest BCUT2D eigenvalue weighted by atomic mass is 9.91. The Labute approximate surface area is 119 Å². The molecule has 1 rings (SSSR count). The van der Waals surface area contributed by atoms with Gasteiger partial charge in [0.15, 0.2) is 0 Å². The molecule has 1 fully saturated rings. The fourth-order valence-corrected chi connectivity index (χ4v) is 3.17. The van der Waals surface area contributed by atoms with Crippen molar-refractivity contribution < 1.29 is 5.11 Å². The van der Waals surface area contributed by atoms with Gasteiger partial charge < -0.3 is 15.3 Å². The number of nitrogens with one attached hydrogen (secondary N) is 1. The van der Waals surface area contributed by atoms with Crippen molar-refractivity contribution in [3.8, 4) is 0 Å². The lowest BCUT2D eigenvalue weighted by molar-refractivity contribution is 0.148. The monoisotopic (exact) mass is 270 g/mol. The second kappa shape index (κ2) is 9.73. The number of hydrogen-bond donors (Lipinski definition) is 2.